The fourth-order valence-electron chi connectivity index (χ4n) is 2.03. The van der Waals surface area contributed by atoms with Crippen molar-refractivity contribution in [2.75, 3.05) is 0 Å². The molecule has 25 heavy (non-hydrogen) atoms. The Kier molecular flexibility index (Phi) is 5.01. The summed E-state index contributed by atoms with van der Waals surface area (Å²) in [5.74, 6) is -0.652. The third-order valence-electron chi connectivity index (χ3n) is 3.23. The van der Waals surface area contributed by atoms with Crippen LogP contribution in [0.4, 0.5) is 0 Å². The Morgan fingerprint density at radius 2 is 2.12 bits per heavy atom. The number of thiazole rings is 1. The van der Waals surface area contributed by atoms with Crippen LogP contribution in [0.2, 0.25) is 5.15 Å². The van der Waals surface area contributed by atoms with Crippen molar-refractivity contribution < 1.29 is 9.90 Å². The van der Waals surface area contributed by atoms with E-state index in [1.807, 2.05) is 24.5 Å². The second-order valence-corrected chi connectivity index (χ2v) is 6.16. The van der Waals surface area contributed by atoms with Gasteiger partial charge < -0.3 is 10.1 Å². The molecule has 4 heterocycles. The van der Waals surface area contributed by atoms with Gasteiger partial charge in [0, 0.05) is 41.1 Å². The van der Waals surface area contributed by atoms with E-state index >= 15 is 0 Å². The zero-order valence-corrected chi connectivity index (χ0v) is 14.5. The number of fused-ring (bicyclic) bond motifs is 1. The largest absolute Gasteiger partial charge is 0.478 e. The number of halogens is 1. The van der Waals surface area contributed by atoms with Gasteiger partial charge in [0.1, 0.15) is 5.15 Å². The molecule has 126 valence electrons. The first-order valence-electron chi connectivity index (χ1n) is 7.10. The van der Waals surface area contributed by atoms with Crippen LogP contribution in [0.1, 0.15) is 16.1 Å². The number of H-pyrrole nitrogens is 1. The zero-order valence-electron chi connectivity index (χ0n) is 13.0. The number of rotatable bonds is 2. The normalized spacial score (nSPS) is 10.3. The maximum atomic E-state index is 10.8. The lowest BCUT2D eigenvalue weighted by Crippen LogP contribution is -2.04. The monoisotopic (exact) mass is 373 g/mol. The van der Waals surface area contributed by atoms with E-state index in [1.54, 1.807) is 18.5 Å². The summed E-state index contributed by atoms with van der Waals surface area (Å²) >= 11 is 6.99. The quantitative estimate of drug-likeness (QED) is 0.553. The van der Waals surface area contributed by atoms with Crippen LogP contribution in [0, 0.1) is 6.92 Å². The Labute approximate surface area is 151 Å². The number of aromatic carboxylic acids is 1. The molecule has 0 aliphatic heterocycles. The van der Waals surface area contributed by atoms with Gasteiger partial charge in [0.25, 0.3) is 0 Å². The van der Waals surface area contributed by atoms with Gasteiger partial charge in [-0.3, -0.25) is 4.98 Å². The van der Waals surface area contributed by atoms with Crippen LogP contribution in [0.25, 0.3) is 21.7 Å². The van der Waals surface area contributed by atoms with Crippen LogP contribution in [0.5, 0.6) is 0 Å². The van der Waals surface area contributed by atoms with Gasteiger partial charge in [0.15, 0.2) is 10.8 Å². The number of hydrogen-bond acceptors (Lipinski definition) is 6. The molecule has 0 aliphatic carbocycles. The Balaban J connectivity index is 0.000000170. The van der Waals surface area contributed by atoms with Gasteiger partial charge in [0.05, 0.1) is 11.3 Å². The molecular formula is C16H12ClN5O2S. The Morgan fingerprint density at radius 1 is 1.28 bits per heavy atom. The average molecular weight is 374 g/mol. The smallest absolute Gasteiger partial charge is 0.339 e. The Bertz CT molecular complexity index is 1000. The van der Waals surface area contributed by atoms with Crippen LogP contribution >= 0.6 is 22.9 Å². The van der Waals surface area contributed by atoms with Gasteiger partial charge in [-0.2, -0.15) is 0 Å². The van der Waals surface area contributed by atoms with Crippen molar-refractivity contribution >= 4 is 39.8 Å². The standard InChI is InChI=1S/C9H6ClN3O2S.C7H6N2/c1-4-5(9(14)15)2-11-7(12-4)8-13-6(10)3-16-8;1-4-9-7-2-3-8-5-6(1)7/h2-3H,1H3,(H,14,15);1-5,9H. The minimum atomic E-state index is -1.04. The van der Waals surface area contributed by atoms with Gasteiger partial charge >= 0.3 is 5.97 Å². The summed E-state index contributed by atoms with van der Waals surface area (Å²) in [6.45, 7) is 1.61. The van der Waals surface area contributed by atoms with Crippen molar-refractivity contribution in [3.63, 3.8) is 0 Å². The highest BCUT2D eigenvalue weighted by molar-refractivity contribution is 7.13. The maximum absolute atomic E-state index is 10.8. The number of aromatic amines is 1. The molecule has 0 saturated carbocycles. The lowest BCUT2D eigenvalue weighted by molar-refractivity contribution is 0.0695. The predicted molar refractivity (Wildman–Crippen MR) is 95.9 cm³/mol. The number of aryl methyl sites for hydroxylation is 1. The van der Waals surface area contributed by atoms with Gasteiger partial charge in [-0.25, -0.2) is 19.7 Å². The van der Waals surface area contributed by atoms with Crippen molar-refractivity contribution in [3.8, 4) is 10.8 Å². The topological polar surface area (TPSA) is 105 Å². The summed E-state index contributed by atoms with van der Waals surface area (Å²) in [4.78, 5) is 29.8. The molecule has 0 aromatic carbocycles. The van der Waals surface area contributed by atoms with E-state index in [0.717, 1.165) is 10.9 Å². The van der Waals surface area contributed by atoms with Crippen molar-refractivity contribution in [2.24, 2.45) is 0 Å². The molecule has 0 aliphatic rings. The molecule has 9 heteroatoms. The molecule has 4 aromatic rings. The molecule has 0 radical (unpaired) electrons. The number of carboxylic acid groups (broad SMARTS) is 1. The molecule has 4 rings (SSSR count). The number of aromatic nitrogens is 5. The molecule has 7 nitrogen and oxygen atoms in total. The third kappa shape index (κ3) is 3.98. The third-order valence-corrected chi connectivity index (χ3v) is 4.39. The summed E-state index contributed by atoms with van der Waals surface area (Å²) in [6, 6.07) is 3.96. The van der Waals surface area contributed by atoms with Crippen molar-refractivity contribution in [1.82, 2.24) is 24.9 Å². The lowest BCUT2D eigenvalue weighted by atomic mass is 10.2. The SMILES string of the molecule is Cc1nc(-c2nc(Cl)cs2)ncc1C(=O)O.c1cc2[nH]ccc2cn1. The second kappa shape index (κ2) is 7.37. The lowest BCUT2D eigenvalue weighted by Gasteiger charge is -2.00. The number of nitrogens with zero attached hydrogens (tertiary/aromatic N) is 4. The molecule has 0 amide bonds. The van der Waals surface area contributed by atoms with Gasteiger partial charge in [-0.15, -0.1) is 11.3 Å². The van der Waals surface area contributed by atoms with Crippen LogP contribution < -0.4 is 0 Å². The van der Waals surface area contributed by atoms with Crippen molar-refractivity contribution in [3.05, 3.63) is 58.7 Å². The molecule has 0 bridgehead atoms. The summed E-state index contributed by atoms with van der Waals surface area (Å²) < 4.78 is 0. The van der Waals surface area contributed by atoms with Crippen molar-refractivity contribution in [2.45, 2.75) is 6.92 Å². The number of carbonyl (C=O) groups is 1. The highest BCUT2D eigenvalue weighted by Crippen LogP contribution is 2.23. The first-order chi connectivity index (χ1) is 12.0. The minimum absolute atomic E-state index is 0.0893. The van der Waals surface area contributed by atoms with Crippen molar-refractivity contribution in [1.29, 1.82) is 0 Å². The average Bonchev–Trinajstić information content (AvgIpc) is 3.23. The molecule has 0 atom stereocenters. The van der Waals surface area contributed by atoms with E-state index in [9.17, 15) is 4.79 Å². The highest BCUT2D eigenvalue weighted by atomic mass is 35.5. The zero-order chi connectivity index (χ0) is 17.8. The number of nitrogens with one attached hydrogen (secondary N) is 1. The van der Waals surface area contributed by atoms with E-state index in [4.69, 9.17) is 16.7 Å². The molecular weight excluding hydrogens is 362 g/mol. The second-order valence-electron chi connectivity index (χ2n) is 4.91. The molecule has 0 saturated heterocycles. The molecule has 2 N–H and O–H groups in total. The van der Waals surface area contributed by atoms with Crippen LogP contribution in [0.3, 0.4) is 0 Å². The Morgan fingerprint density at radius 3 is 2.76 bits per heavy atom. The molecule has 4 aromatic heterocycles. The first-order valence-corrected chi connectivity index (χ1v) is 8.36. The highest BCUT2D eigenvalue weighted by Gasteiger charge is 2.12. The molecule has 0 fully saturated rings. The van der Waals surface area contributed by atoms with Crippen LogP contribution in [-0.4, -0.2) is 36.0 Å². The fraction of sp³-hybridized carbons (Fsp3) is 0.0625. The number of hydrogen-bond donors (Lipinski definition) is 2. The van der Waals surface area contributed by atoms with E-state index in [1.165, 1.54) is 17.5 Å². The van der Waals surface area contributed by atoms with E-state index in [2.05, 4.69) is 24.9 Å². The van der Waals surface area contributed by atoms with E-state index in [0.29, 0.717) is 21.7 Å². The minimum Gasteiger partial charge on any atom is -0.478 e. The maximum Gasteiger partial charge on any atom is 0.339 e. The predicted octanol–water partition coefficient (Wildman–Crippen LogP) is 3.82. The summed E-state index contributed by atoms with van der Waals surface area (Å²) in [6.07, 6.45) is 6.80. The van der Waals surface area contributed by atoms with Gasteiger partial charge in [0.2, 0.25) is 0 Å². The van der Waals surface area contributed by atoms with E-state index < -0.39 is 5.97 Å². The fourth-order valence-corrected chi connectivity index (χ4v) is 2.91. The first kappa shape index (κ1) is 17.0. The summed E-state index contributed by atoms with van der Waals surface area (Å²) in [5, 5.41) is 12.6. The summed E-state index contributed by atoms with van der Waals surface area (Å²) in [7, 11) is 0. The molecule has 0 unspecified atom stereocenters. The Hall–Kier alpha value is -2.84. The number of carboxylic acids is 1. The number of pyridine rings is 1. The molecule has 0 spiro atoms. The summed E-state index contributed by atoms with van der Waals surface area (Å²) in [5.41, 5.74) is 1.64. The van der Waals surface area contributed by atoms with Crippen LogP contribution in [-0.2, 0) is 0 Å². The van der Waals surface area contributed by atoms with E-state index in [-0.39, 0.29) is 5.56 Å². The van der Waals surface area contributed by atoms with Gasteiger partial charge in [-0.1, -0.05) is 11.6 Å². The van der Waals surface area contributed by atoms with Gasteiger partial charge in [-0.05, 0) is 19.1 Å². The van der Waals surface area contributed by atoms with Crippen LogP contribution in [0.15, 0.2) is 42.3 Å².